The Morgan fingerprint density at radius 1 is 1.00 bits per heavy atom. The number of aryl methyl sites for hydroxylation is 1. The number of ether oxygens (including phenoxy) is 2. The van der Waals surface area contributed by atoms with E-state index in [9.17, 15) is 14.7 Å². The average molecular weight is 543 g/mol. The van der Waals surface area contributed by atoms with E-state index in [1.54, 1.807) is 14.2 Å². The lowest BCUT2D eigenvalue weighted by molar-refractivity contribution is -0.115. The summed E-state index contributed by atoms with van der Waals surface area (Å²) >= 11 is 0. The number of nitrogens with zero attached hydrogens (tertiary/aromatic N) is 2. The summed E-state index contributed by atoms with van der Waals surface area (Å²) in [6.45, 7) is 0.420. The first kappa shape index (κ1) is 27.4. The minimum absolute atomic E-state index is 0.0223. The van der Waals surface area contributed by atoms with Crippen LogP contribution in [0.1, 0.15) is 71.0 Å². The Balaban J connectivity index is 1.34. The third-order valence-electron chi connectivity index (χ3n) is 7.67. The van der Waals surface area contributed by atoms with Crippen molar-refractivity contribution in [3.63, 3.8) is 0 Å². The zero-order chi connectivity index (χ0) is 28.1. The third kappa shape index (κ3) is 5.86. The Kier molecular flexibility index (Phi) is 8.43. The quantitative estimate of drug-likeness (QED) is 0.323. The van der Waals surface area contributed by atoms with Crippen molar-refractivity contribution in [3.05, 3.63) is 88.0 Å². The van der Waals surface area contributed by atoms with Gasteiger partial charge in [0.1, 0.15) is 11.5 Å². The van der Waals surface area contributed by atoms with Crippen molar-refractivity contribution in [1.82, 2.24) is 5.16 Å². The summed E-state index contributed by atoms with van der Waals surface area (Å²) in [7, 11) is 3.19. The summed E-state index contributed by atoms with van der Waals surface area (Å²) < 4.78 is 16.4. The number of rotatable bonds is 10. The second kappa shape index (κ2) is 12.3. The molecule has 8 heteroatoms. The van der Waals surface area contributed by atoms with Crippen molar-refractivity contribution in [2.24, 2.45) is 4.99 Å². The van der Waals surface area contributed by atoms with Gasteiger partial charge in [0.05, 0.1) is 31.1 Å². The Bertz CT molecular complexity index is 1450. The van der Waals surface area contributed by atoms with E-state index < -0.39 is 0 Å². The molecular weight excluding hydrogens is 508 g/mol. The highest BCUT2D eigenvalue weighted by Crippen LogP contribution is 2.35. The van der Waals surface area contributed by atoms with Gasteiger partial charge in [0.15, 0.2) is 23.1 Å². The van der Waals surface area contributed by atoms with Crippen LogP contribution in [0.15, 0.2) is 69.4 Å². The Morgan fingerprint density at radius 3 is 2.55 bits per heavy atom. The van der Waals surface area contributed by atoms with E-state index in [1.807, 2.05) is 48.5 Å². The molecule has 8 nitrogen and oxygen atoms in total. The Labute approximate surface area is 233 Å². The lowest BCUT2D eigenvalue weighted by atomic mass is 9.81. The van der Waals surface area contributed by atoms with Crippen molar-refractivity contribution in [2.75, 3.05) is 20.8 Å². The molecule has 5 rings (SSSR count). The first-order valence-corrected chi connectivity index (χ1v) is 13.7. The zero-order valence-electron chi connectivity index (χ0n) is 22.9. The number of carbonyl (C=O) groups is 2. The van der Waals surface area contributed by atoms with Crippen LogP contribution in [-0.2, 0) is 24.1 Å². The second-order valence-electron chi connectivity index (χ2n) is 10.2. The van der Waals surface area contributed by atoms with Crippen molar-refractivity contribution in [3.8, 4) is 11.5 Å². The fourth-order valence-corrected chi connectivity index (χ4v) is 5.60. The summed E-state index contributed by atoms with van der Waals surface area (Å²) in [5.41, 5.74) is 4.13. The molecule has 0 bridgehead atoms. The lowest BCUT2D eigenvalue weighted by Crippen LogP contribution is -2.21. The summed E-state index contributed by atoms with van der Waals surface area (Å²) in [6, 6.07) is 15.7. The van der Waals surface area contributed by atoms with Crippen LogP contribution < -0.4 is 9.47 Å². The molecule has 1 aromatic heterocycles. The van der Waals surface area contributed by atoms with E-state index in [0.29, 0.717) is 97.7 Å². The van der Waals surface area contributed by atoms with E-state index in [4.69, 9.17) is 19.0 Å². The van der Waals surface area contributed by atoms with Crippen LogP contribution >= 0.6 is 0 Å². The summed E-state index contributed by atoms with van der Waals surface area (Å²) in [5.74, 6) is 1.98. The molecule has 1 unspecified atom stereocenters. The van der Waals surface area contributed by atoms with Crippen LogP contribution in [0.25, 0.3) is 0 Å². The fourth-order valence-electron chi connectivity index (χ4n) is 5.60. The van der Waals surface area contributed by atoms with Gasteiger partial charge < -0.3 is 19.1 Å². The van der Waals surface area contributed by atoms with E-state index in [-0.39, 0.29) is 23.2 Å². The molecule has 2 aliphatic rings. The van der Waals surface area contributed by atoms with Gasteiger partial charge in [-0.25, -0.2) is 0 Å². The molecule has 2 aromatic carbocycles. The SMILES string of the molecule is COc1ccc(CCN=C(CCc2noc3c2C(=O)CC(c2ccccc2)C3)C2=C(O)CCCC2=O)cc1OC. The van der Waals surface area contributed by atoms with Crippen LogP contribution in [0, 0.1) is 0 Å². The molecule has 0 amide bonds. The number of hydrogen-bond donors (Lipinski definition) is 1. The second-order valence-corrected chi connectivity index (χ2v) is 10.2. The zero-order valence-corrected chi connectivity index (χ0v) is 22.9. The number of hydrogen-bond acceptors (Lipinski definition) is 8. The summed E-state index contributed by atoms with van der Waals surface area (Å²) in [6.07, 6.45) is 3.86. The number of aliphatic hydroxyl groups excluding tert-OH is 1. The molecule has 0 fully saturated rings. The number of aliphatic hydroxyl groups is 1. The van der Waals surface area contributed by atoms with E-state index in [2.05, 4.69) is 5.16 Å². The average Bonchev–Trinajstić information content (AvgIpc) is 3.39. The minimum Gasteiger partial charge on any atom is -0.511 e. The first-order valence-electron chi connectivity index (χ1n) is 13.7. The van der Waals surface area contributed by atoms with Gasteiger partial charge in [0.25, 0.3) is 0 Å². The molecule has 0 saturated carbocycles. The molecule has 1 atom stereocenters. The molecule has 0 aliphatic heterocycles. The van der Waals surface area contributed by atoms with Crippen molar-refractivity contribution in [1.29, 1.82) is 0 Å². The monoisotopic (exact) mass is 542 g/mol. The molecule has 0 saturated heterocycles. The molecule has 0 spiro atoms. The predicted molar refractivity (Wildman–Crippen MR) is 151 cm³/mol. The van der Waals surface area contributed by atoms with Crippen molar-refractivity contribution >= 4 is 17.3 Å². The molecular formula is C32H34N2O6. The smallest absolute Gasteiger partial charge is 0.168 e. The number of allylic oxidation sites excluding steroid dienone is 2. The number of aromatic nitrogens is 1. The normalized spacial score (nSPS) is 17.6. The largest absolute Gasteiger partial charge is 0.511 e. The number of Topliss-reactive ketones (excluding diaryl/α,β-unsaturated/α-hetero) is 2. The predicted octanol–water partition coefficient (Wildman–Crippen LogP) is 5.79. The molecule has 40 heavy (non-hydrogen) atoms. The standard InChI is InChI=1S/C32H34N2O6/c1-38-28-14-11-20(17-29(28)39-2)15-16-33-23(31-25(35)9-6-10-26(31)36)12-13-24-32-27(37)18-22(19-30(32)40-34-24)21-7-4-3-5-8-21/h3-5,7-8,11,14,17,22,35H,6,9-10,12-13,15-16,18-19H2,1-2H3. The topological polar surface area (TPSA) is 111 Å². The van der Waals surface area contributed by atoms with Gasteiger partial charge in [-0.15, -0.1) is 0 Å². The van der Waals surface area contributed by atoms with Gasteiger partial charge in [-0.3, -0.25) is 14.6 Å². The molecule has 3 aromatic rings. The number of aliphatic imine (C=N–C) groups is 1. The van der Waals surface area contributed by atoms with Gasteiger partial charge in [-0.1, -0.05) is 41.6 Å². The van der Waals surface area contributed by atoms with Crippen LogP contribution in [0.5, 0.6) is 11.5 Å². The van der Waals surface area contributed by atoms with Crippen LogP contribution in [0.4, 0.5) is 0 Å². The maximum atomic E-state index is 13.2. The molecule has 0 radical (unpaired) electrons. The van der Waals surface area contributed by atoms with E-state index >= 15 is 0 Å². The van der Waals surface area contributed by atoms with Gasteiger partial charge in [0.2, 0.25) is 0 Å². The van der Waals surface area contributed by atoms with Crippen LogP contribution in [0.2, 0.25) is 0 Å². The van der Waals surface area contributed by atoms with Crippen molar-refractivity contribution in [2.45, 2.75) is 57.3 Å². The molecule has 2 aliphatic carbocycles. The third-order valence-corrected chi connectivity index (χ3v) is 7.67. The fraction of sp³-hybridized carbons (Fsp3) is 0.375. The van der Waals surface area contributed by atoms with Crippen LogP contribution in [0.3, 0.4) is 0 Å². The lowest BCUT2D eigenvalue weighted by Gasteiger charge is -2.20. The summed E-state index contributed by atoms with van der Waals surface area (Å²) in [4.78, 5) is 30.8. The maximum Gasteiger partial charge on any atom is 0.168 e. The molecule has 1 N–H and O–H groups in total. The number of ketones is 2. The van der Waals surface area contributed by atoms with Gasteiger partial charge in [0, 0.05) is 37.9 Å². The minimum atomic E-state index is -0.0995. The Morgan fingerprint density at radius 2 is 1.80 bits per heavy atom. The number of carbonyl (C=O) groups excluding carboxylic acids is 2. The highest BCUT2D eigenvalue weighted by molar-refractivity contribution is 6.23. The highest BCUT2D eigenvalue weighted by Gasteiger charge is 2.33. The van der Waals surface area contributed by atoms with E-state index in [1.165, 1.54) is 0 Å². The molecule has 208 valence electrons. The summed E-state index contributed by atoms with van der Waals surface area (Å²) in [5, 5.41) is 14.9. The number of benzene rings is 2. The van der Waals surface area contributed by atoms with Crippen LogP contribution in [-0.4, -0.2) is 48.3 Å². The number of fused-ring (bicyclic) bond motifs is 1. The van der Waals surface area contributed by atoms with Crippen molar-refractivity contribution < 1.29 is 28.7 Å². The highest BCUT2D eigenvalue weighted by atomic mass is 16.5. The van der Waals surface area contributed by atoms with E-state index in [0.717, 1.165) is 11.1 Å². The van der Waals surface area contributed by atoms with Gasteiger partial charge in [-0.2, -0.15) is 0 Å². The molecule has 1 heterocycles. The number of methoxy groups -OCH3 is 2. The maximum absolute atomic E-state index is 13.2. The van der Waals surface area contributed by atoms with Gasteiger partial charge >= 0.3 is 0 Å². The van der Waals surface area contributed by atoms with Gasteiger partial charge in [-0.05, 0) is 54.9 Å². The first-order chi connectivity index (χ1) is 19.5. The Hall–Kier alpha value is -4.20.